The summed E-state index contributed by atoms with van der Waals surface area (Å²) in [6, 6.07) is 8.41. The fourth-order valence-corrected chi connectivity index (χ4v) is 4.76. The number of nitrogens with one attached hydrogen (secondary N) is 2. The largest absolute Gasteiger partial charge is 0.326 e. The van der Waals surface area contributed by atoms with Crippen LogP contribution in [0.4, 0.5) is 5.69 Å². The van der Waals surface area contributed by atoms with E-state index in [2.05, 4.69) is 23.6 Å². The molecular formula is C18H28N2O2S. The van der Waals surface area contributed by atoms with E-state index in [1.165, 1.54) is 19.8 Å². The Labute approximate surface area is 141 Å². The summed E-state index contributed by atoms with van der Waals surface area (Å²) < 4.78 is 12.3. The van der Waals surface area contributed by atoms with Crippen LogP contribution < -0.4 is 10.6 Å². The first-order chi connectivity index (χ1) is 11.0. The summed E-state index contributed by atoms with van der Waals surface area (Å²) >= 11 is 0. The summed E-state index contributed by atoms with van der Waals surface area (Å²) in [6.07, 6.45) is 4.53. The van der Waals surface area contributed by atoms with Gasteiger partial charge in [0.1, 0.15) is 0 Å². The van der Waals surface area contributed by atoms with Crippen molar-refractivity contribution < 1.29 is 9.00 Å². The van der Waals surface area contributed by atoms with E-state index >= 15 is 0 Å². The van der Waals surface area contributed by atoms with Crippen molar-refractivity contribution >= 4 is 22.4 Å². The summed E-state index contributed by atoms with van der Waals surface area (Å²) in [5.41, 5.74) is 1.96. The van der Waals surface area contributed by atoms with Crippen LogP contribution in [0.5, 0.6) is 0 Å². The maximum atomic E-state index is 12.3. The second kappa shape index (κ2) is 8.60. The molecule has 128 valence electrons. The number of amides is 1. The van der Waals surface area contributed by atoms with Crippen LogP contribution in [0.3, 0.4) is 0 Å². The number of anilines is 1. The molecule has 0 heterocycles. The predicted octanol–water partition coefficient (Wildman–Crippen LogP) is 3.38. The van der Waals surface area contributed by atoms with E-state index in [9.17, 15) is 9.00 Å². The van der Waals surface area contributed by atoms with Crippen molar-refractivity contribution in [3.8, 4) is 0 Å². The van der Waals surface area contributed by atoms with Gasteiger partial charge in [-0.15, -0.1) is 0 Å². The van der Waals surface area contributed by atoms with Gasteiger partial charge in [-0.2, -0.15) is 0 Å². The van der Waals surface area contributed by atoms with Crippen molar-refractivity contribution in [1.82, 2.24) is 5.32 Å². The Bertz CT molecular complexity index is 562. The lowest BCUT2D eigenvalue weighted by Gasteiger charge is -2.34. The van der Waals surface area contributed by atoms with Crippen LogP contribution in [0, 0.1) is 0 Å². The Balaban J connectivity index is 2.06. The topological polar surface area (TPSA) is 58.2 Å². The molecule has 1 amide bonds. The molecule has 4 atom stereocenters. The molecule has 0 aliphatic heterocycles. The Morgan fingerprint density at radius 2 is 2.09 bits per heavy atom. The third kappa shape index (κ3) is 5.15. The van der Waals surface area contributed by atoms with Gasteiger partial charge >= 0.3 is 0 Å². The van der Waals surface area contributed by atoms with Gasteiger partial charge in [-0.1, -0.05) is 31.9 Å². The van der Waals surface area contributed by atoms with Gasteiger partial charge in [0, 0.05) is 41.2 Å². The highest BCUT2D eigenvalue weighted by molar-refractivity contribution is 7.85. The second-order valence-corrected chi connectivity index (χ2v) is 8.24. The number of rotatable bonds is 6. The first-order valence-corrected chi connectivity index (χ1v) is 9.90. The lowest BCUT2D eigenvalue weighted by molar-refractivity contribution is -0.114. The zero-order valence-corrected chi connectivity index (χ0v) is 15.1. The molecule has 5 heteroatoms. The Morgan fingerprint density at radius 3 is 2.78 bits per heavy atom. The molecule has 1 aliphatic carbocycles. The zero-order valence-electron chi connectivity index (χ0n) is 14.3. The van der Waals surface area contributed by atoms with Crippen LogP contribution in [-0.2, 0) is 15.6 Å². The van der Waals surface area contributed by atoms with Crippen molar-refractivity contribution in [3.63, 3.8) is 0 Å². The van der Waals surface area contributed by atoms with Crippen LogP contribution >= 0.6 is 0 Å². The van der Waals surface area contributed by atoms with Crippen LogP contribution in [0.1, 0.15) is 58.1 Å². The average Bonchev–Trinajstić information content (AvgIpc) is 2.54. The summed E-state index contributed by atoms with van der Waals surface area (Å²) in [7, 11) is -0.748. The number of hydrogen-bond acceptors (Lipinski definition) is 3. The molecule has 2 rings (SSSR count). The van der Waals surface area contributed by atoms with Gasteiger partial charge in [0.2, 0.25) is 5.91 Å². The summed E-state index contributed by atoms with van der Waals surface area (Å²) in [5, 5.41) is 6.76. The molecule has 23 heavy (non-hydrogen) atoms. The van der Waals surface area contributed by atoms with Crippen LogP contribution in [0.15, 0.2) is 24.3 Å². The van der Waals surface area contributed by atoms with E-state index in [1.807, 2.05) is 25.1 Å². The second-order valence-electron chi connectivity index (χ2n) is 6.29. The number of benzene rings is 1. The van der Waals surface area contributed by atoms with Crippen molar-refractivity contribution in [1.29, 1.82) is 0 Å². The van der Waals surface area contributed by atoms with Crippen molar-refractivity contribution in [3.05, 3.63) is 29.8 Å². The van der Waals surface area contributed by atoms with E-state index in [0.29, 0.717) is 6.04 Å². The van der Waals surface area contributed by atoms with Crippen LogP contribution in [-0.4, -0.2) is 27.2 Å². The van der Waals surface area contributed by atoms with Crippen molar-refractivity contribution in [2.75, 3.05) is 11.1 Å². The monoisotopic (exact) mass is 336 g/mol. The number of hydrogen-bond donors (Lipinski definition) is 2. The molecule has 1 fully saturated rings. The van der Waals surface area contributed by atoms with Crippen molar-refractivity contribution in [2.45, 2.75) is 63.8 Å². The smallest absolute Gasteiger partial charge is 0.221 e. The standard InChI is InChI=1S/C18H28N2O2S/c1-4-23(22)18-11-6-5-10-17(18)19-13(2)15-8-7-9-16(12-15)20-14(3)21/h7-9,12-13,17-19H,4-6,10-11H2,1-3H3,(H,20,21). The van der Waals surface area contributed by atoms with E-state index in [1.54, 1.807) is 0 Å². The van der Waals surface area contributed by atoms with Crippen molar-refractivity contribution in [2.24, 2.45) is 0 Å². The van der Waals surface area contributed by atoms with Crippen LogP contribution in [0.2, 0.25) is 0 Å². The first-order valence-electron chi connectivity index (χ1n) is 8.52. The first kappa shape index (κ1) is 18.1. The molecule has 0 saturated heterocycles. The summed E-state index contributed by atoms with van der Waals surface area (Å²) in [4.78, 5) is 11.2. The Hall–Kier alpha value is -1.20. The third-order valence-electron chi connectivity index (χ3n) is 4.50. The minimum Gasteiger partial charge on any atom is -0.326 e. The van der Waals surface area contributed by atoms with Crippen LogP contribution in [0.25, 0.3) is 0 Å². The lowest BCUT2D eigenvalue weighted by Crippen LogP contribution is -2.45. The molecule has 0 radical (unpaired) electrons. The van der Waals surface area contributed by atoms with Gasteiger partial charge < -0.3 is 10.6 Å². The quantitative estimate of drug-likeness (QED) is 0.837. The molecular weight excluding hydrogens is 308 g/mol. The van der Waals surface area contributed by atoms with E-state index in [4.69, 9.17) is 0 Å². The van der Waals surface area contributed by atoms with Gasteiger partial charge in [-0.3, -0.25) is 9.00 Å². The molecule has 1 aromatic carbocycles. The molecule has 1 saturated carbocycles. The minimum absolute atomic E-state index is 0.0616. The van der Waals surface area contributed by atoms with Gasteiger partial charge in [-0.25, -0.2) is 0 Å². The maximum absolute atomic E-state index is 12.3. The zero-order chi connectivity index (χ0) is 16.8. The number of carbonyl (C=O) groups excluding carboxylic acids is 1. The van der Waals surface area contributed by atoms with Gasteiger partial charge in [0.05, 0.1) is 5.25 Å². The minimum atomic E-state index is -0.748. The van der Waals surface area contributed by atoms with E-state index in [0.717, 1.165) is 29.8 Å². The molecule has 4 nitrogen and oxygen atoms in total. The molecule has 0 bridgehead atoms. The molecule has 0 aromatic heterocycles. The van der Waals surface area contributed by atoms with E-state index in [-0.39, 0.29) is 17.2 Å². The fourth-order valence-electron chi connectivity index (χ4n) is 3.32. The molecule has 4 unspecified atom stereocenters. The Morgan fingerprint density at radius 1 is 1.35 bits per heavy atom. The molecule has 0 spiro atoms. The van der Waals surface area contributed by atoms with Gasteiger partial charge in [-0.05, 0) is 37.5 Å². The highest BCUT2D eigenvalue weighted by Crippen LogP contribution is 2.26. The Kier molecular flexibility index (Phi) is 6.78. The lowest BCUT2D eigenvalue weighted by atomic mass is 9.93. The molecule has 1 aliphatic rings. The molecule has 1 aromatic rings. The summed E-state index contributed by atoms with van der Waals surface area (Å²) in [6.45, 7) is 5.65. The van der Waals surface area contributed by atoms with E-state index < -0.39 is 10.8 Å². The highest BCUT2D eigenvalue weighted by atomic mass is 32.2. The summed E-state index contributed by atoms with van der Waals surface area (Å²) in [5.74, 6) is 0.670. The fraction of sp³-hybridized carbons (Fsp3) is 0.611. The number of carbonyl (C=O) groups is 1. The normalized spacial score (nSPS) is 24.0. The third-order valence-corrected chi connectivity index (χ3v) is 6.30. The van der Waals surface area contributed by atoms with Gasteiger partial charge in [0.15, 0.2) is 0 Å². The predicted molar refractivity (Wildman–Crippen MR) is 97.0 cm³/mol. The maximum Gasteiger partial charge on any atom is 0.221 e. The van der Waals surface area contributed by atoms with Gasteiger partial charge in [0.25, 0.3) is 0 Å². The average molecular weight is 337 g/mol. The SMILES string of the molecule is CCS(=O)C1CCCCC1NC(C)c1cccc(NC(C)=O)c1. The molecule has 2 N–H and O–H groups in total. The highest BCUT2D eigenvalue weighted by Gasteiger charge is 2.30.